The van der Waals surface area contributed by atoms with Crippen molar-refractivity contribution in [2.75, 3.05) is 26.2 Å². The fourth-order valence-electron chi connectivity index (χ4n) is 2.05. The molecule has 0 aliphatic carbocycles. The molecule has 0 bridgehead atoms. The summed E-state index contributed by atoms with van der Waals surface area (Å²) in [5, 5.41) is 7.70. The molecule has 0 saturated carbocycles. The number of thiophene rings is 1. The Balaban J connectivity index is 1.66. The molecule has 1 aliphatic heterocycles. The molecule has 0 fully saturated rings. The number of hydrogen-bond acceptors (Lipinski definition) is 3. The van der Waals surface area contributed by atoms with Crippen molar-refractivity contribution in [1.29, 1.82) is 0 Å². The molecular formula is C13H19N3OS. The summed E-state index contributed by atoms with van der Waals surface area (Å²) in [5.41, 5.74) is 1.45. The molecule has 0 atom stereocenters. The van der Waals surface area contributed by atoms with Crippen LogP contribution in [0.4, 0.5) is 4.79 Å². The highest BCUT2D eigenvalue weighted by Crippen LogP contribution is 2.23. The smallest absolute Gasteiger partial charge is 0.315 e. The molecule has 1 aromatic rings. The first-order valence-corrected chi connectivity index (χ1v) is 7.08. The van der Waals surface area contributed by atoms with Gasteiger partial charge in [-0.25, -0.2) is 4.79 Å². The van der Waals surface area contributed by atoms with Crippen LogP contribution in [0.15, 0.2) is 24.1 Å². The van der Waals surface area contributed by atoms with Crippen molar-refractivity contribution in [3.05, 3.63) is 34.5 Å². The molecule has 98 valence electrons. The van der Waals surface area contributed by atoms with E-state index in [4.69, 9.17) is 0 Å². The second-order valence-corrected chi connectivity index (χ2v) is 5.32. The summed E-state index contributed by atoms with van der Waals surface area (Å²) >= 11 is 1.85. The van der Waals surface area contributed by atoms with E-state index in [0.29, 0.717) is 13.1 Å². The maximum absolute atomic E-state index is 11.3. The van der Waals surface area contributed by atoms with Crippen molar-refractivity contribution in [2.24, 2.45) is 0 Å². The van der Waals surface area contributed by atoms with Gasteiger partial charge < -0.3 is 10.6 Å². The third-order valence-corrected chi connectivity index (χ3v) is 4.03. The fourth-order valence-corrected chi connectivity index (χ4v) is 2.94. The first kappa shape index (κ1) is 13.1. The highest BCUT2D eigenvalue weighted by atomic mass is 32.1. The SMILES string of the molecule is C=CCNC(=O)NCCN1CCc2sccc2C1. The van der Waals surface area contributed by atoms with Crippen LogP contribution < -0.4 is 10.6 Å². The first-order valence-electron chi connectivity index (χ1n) is 6.20. The average Bonchev–Trinajstić information content (AvgIpc) is 2.83. The Kier molecular flexibility index (Phi) is 4.78. The maximum Gasteiger partial charge on any atom is 0.315 e. The summed E-state index contributed by atoms with van der Waals surface area (Å²) in [6.07, 6.45) is 2.80. The van der Waals surface area contributed by atoms with Crippen molar-refractivity contribution >= 4 is 17.4 Å². The van der Waals surface area contributed by atoms with E-state index >= 15 is 0 Å². The lowest BCUT2D eigenvalue weighted by atomic mass is 10.1. The van der Waals surface area contributed by atoms with E-state index in [1.807, 2.05) is 11.3 Å². The third kappa shape index (κ3) is 3.58. The quantitative estimate of drug-likeness (QED) is 0.794. The number of hydrogen-bond donors (Lipinski definition) is 2. The second kappa shape index (κ2) is 6.56. The fraction of sp³-hybridized carbons (Fsp3) is 0.462. The highest BCUT2D eigenvalue weighted by Gasteiger charge is 2.16. The van der Waals surface area contributed by atoms with E-state index in [-0.39, 0.29) is 6.03 Å². The van der Waals surface area contributed by atoms with E-state index in [1.54, 1.807) is 6.08 Å². The van der Waals surface area contributed by atoms with E-state index in [2.05, 4.69) is 33.6 Å². The predicted molar refractivity (Wildman–Crippen MR) is 74.9 cm³/mol. The summed E-state index contributed by atoms with van der Waals surface area (Å²) < 4.78 is 0. The van der Waals surface area contributed by atoms with Crippen LogP contribution in [0.3, 0.4) is 0 Å². The topological polar surface area (TPSA) is 44.4 Å². The van der Waals surface area contributed by atoms with E-state index in [0.717, 1.165) is 26.1 Å². The van der Waals surface area contributed by atoms with Gasteiger partial charge >= 0.3 is 6.03 Å². The zero-order valence-corrected chi connectivity index (χ0v) is 11.3. The van der Waals surface area contributed by atoms with Gasteiger partial charge in [0.05, 0.1) is 0 Å². The first-order chi connectivity index (χ1) is 8.79. The molecule has 1 aromatic heterocycles. The Morgan fingerprint density at radius 1 is 1.56 bits per heavy atom. The van der Waals surface area contributed by atoms with Crippen LogP contribution in [0.1, 0.15) is 10.4 Å². The molecule has 1 aliphatic rings. The molecule has 2 heterocycles. The minimum absolute atomic E-state index is 0.122. The predicted octanol–water partition coefficient (Wildman–Crippen LogP) is 1.59. The lowest BCUT2D eigenvalue weighted by molar-refractivity contribution is 0.232. The number of fused-ring (bicyclic) bond motifs is 1. The molecule has 4 nitrogen and oxygen atoms in total. The number of nitrogens with one attached hydrogen (secondary N) is 2. The highest BCUT2D eigenvalue weighted by molar-refractivity contribution is 7.10. The van der Waals surface area contributed by atoms with E-state index < -0.39 is 0 Å². The van der Waals surface area contributed by atoms with Gasteiger partial charge in [-0.2, -0.15) is 0 Å². The molecule has 5 heteroatoms. The summed E-state index contributed by atoms with van der Waals surface area (Å²) in [4.78, 5) is 15.2. The molecule has 18 heavy (non-hydrogen) atoms. The number of nitrogens with zero attached hydrogens (tertiary/aromatic N) is 1. The number of urea groups is 1. The van der Waals surface area contributed by atoms with Gasteiger partial charge in [-0.15, -0.1) is 17.9 Å². The Bertz CT molecular complexity index is 416. The molecular weight excluding hydrogens is 246 g/mol. The molecule has 0 saturated heterocycles. The largest absolute Gasteiger partial charge is 0.337 e. The zero-order chi connectivity index (χ0) is 12.8. The van der Waals surface area contributed by atoms with Gasteiger partial charge in [0.15, 0.2) is 0 Å². The molecule has 2 rings (SSSR count). The van der Waals surface area contributed by atoms with Crippen molar-refractivity contribution < 1.29 is 4.79 Å². The lowest BCUT2D eigenvalue weighted by Crippen LogP contribution is -2.41. The summed E-state index contributed by atoms with van der Waals surface area (Å²) in [7, 11) is 0. The Hall–Kier alpha value is -1.33. The zero-order valence-electron chi connectivity index (χ0n) is 10.4. The Morgan fingerprint density at radius 3 is 3.28 bits per heavy atom. The molecule has 0 radical (unpaired) electrons. The minimum Gasteiger partial charge on any atom is -0.337 e. The van der Waals surface area contributed by atoms with Crippen LogP contribution in [-0.2, 0) is 13.0 Å². The van der Waals surface area contributed by atoms with Gasteiger partial charge in [-0.1, -0.05) is 6.08 Å². The van der Waals surface area contributed by atoms with E-state index in [9.17, 15) is 4.79 Å². The van der Waals surface area contributed by atoms with Gasteiger partial charge in [0.2, 0.25) is 0 Å². The van der Waals surface area contributed by atoms with Crippen molar-refractivity contribution in [2.45, 2.75) is 13.0 Å². The summed E-state index contributed by atoms with van der Waals surface area (Å²) in [6.45, 7) is 7.74. The lowest BCUT2D eigenvalue weighted by Gasteiger charge is -2.26. The molecule has 0 aromatic carbocycles. The molecule has 0 unspecified atom stereocenters. The van der Waals surface area contributed by atoms with E-state index in [1.165, 1.54) is 10.4 Å². The van der Waals surface area contributed by atoms with Crippen LogP contribution in [-0.4, -0.2) is 37.1 Å². The maximum atomic E-state index is 11.3. The molecule has 0 spiro atoms. The number of rotatable bonds is 5. The second-order valence-electron chi connectivity index (χ2n) is 4.32. The summed E-state index contributed by atoms with van der Waals surface area (Å²) in [6, 6.07) is 2.08. The van der Waals surface area contributed by atoms with Crippen LogP contribution in [0.25, 0.3) is 0 Å². The van der Waals surface area contributed by atoms with Crippen LogP contribution in [0, 0.1) is 0 Å². The Morgan fingerprint density at radius 2 is 2.44 bits per heavy atom. The van der Waals surface area contributed by atoms with Gasteiger partial charge in [0.25, 0.3) is 0 Å². The normalized spacial score (nSPS) is 14.9. The molecule has 2 N–H and O–H groups in total. The number of amides is 2. The van der Waals surface area contributed by atoms with Crippen molar-refractivity contribution in [1.82, 2.24) is 15.5 Å². The van der Waals surface area contributed by atoms with Crippen LogP contribution in [0.5, 0.6) is 0 Å². The monoisotopic (exact) mass is 265 g/mol. The third-order valence-electron chi connectivity index (χ3n) is 3.01. The van der Waals surface area contributed by atoms with Gasteiger partial charge in [0, 0.05) is 37.6 Å². The van der Waals surface area contributed by atoms with Crippen LogP contribution >= 0.6 is 11.3 Å². The van der Waals surface area contributed by atoms with Gasteiger partial charge in [-0.3, -0.25) is 4.90 Å². The minimum atomic E-state index is -0.122. The number of carbonyl (C=O) groups is 1. The summed E-state index contributed by atoms with van der Waals surface area (Å²) in [5.74, 6) is 0. The van der Waals surface area contributed by atoms with Crippen molar-refractivity contribution in [3.63, 3.8) is 0 Å². The van der Waals surface area contributed by atoms with Crippen LogP contribution in [0.2, 0.25) is 0 Å². The standard InChI is InChI=1S/C13H19N3OS/c1-2-5-14-13(17)15-6-8-16-7-3-12-11(10-16)4-9-18-12/h2,4,9H,1,3,5-8,10H2,(H2,14,15,17). The Labute approximate surface area is 112 Å². The van der Waals surface area contributed by atoms with Gasteiger partial charge in [-0.05, 0) is 23.4 Å². The van der Waals surface area contributed by atoms with Gasteiger partial charge in [0.1, 0.15) is 0 Å². The molecule has 2 amide bonds. The average molecular weight is 265 g/mol. The van der Waals surface area contributed by atoms with Crippen molar-refractivity contribution in [3.8, 4) is 0 Å². The number of carbonyl (C=O) groups excluding carboxylic acids is 1.